The molecule has 10 nitrogen and oxygen atoms in total. The molecule has 0 aromatic rings. The van der Waals surface area contributed by atoms with Crippen LogP contribution in [0.3, 0.4) is 0 Å². The number of halogens is 12. The summed E-state index contributed by atoms with van der Waals surface area (Å²) in [5.74, 6) is -3.25. The van der Waals surface area contributed by atoms with Crippen molar-refractivity contribution in [1.82, 2.24) is 0 Å². The molecule has 0 spiro atoms. The van der Waals surface area contributed by atoms with E-state index in [1.54, 1.807) is 0 Å². The summed E-state index contributed by atoms with van der Waals surface area (Å²) in [4.78, 5) is 24.0. The van der Waals surface area contributed by atoms with Gasteiger partial charge in [0.2, 0.25) is 26.7 Å². The Morgan fingerprint density at radius 3 is 0.784 bits per heavy atom. The largest absolute Gasteiger partial charge is 2.00 e. The van der Waals surface area contributed by atoms with Crippen LogP contribution in [0, 0.1) is 10.8 Å². The monoisotopic (exact) mass is 810 g/mol. The van der Waals surface area contributed by atoms with Crippen LogP contribution in [0.5, 0.6) is 0 Å². The van der Waals surface area contributed by atoms with Gasteiger partial charge in [0.25, 0.3) is 0 Å². The summed E-state index contributed by atoms with van der Waals surface area (Å²) < 4.78 is -8.10. The molecule has 0 amide bonds. The molecule has 2 aliphatic heterocycles. The number of nitrogens with one attached hydrogen (secondary N) is 4. The van der Waals surface area contributed by atoms with Crippen molar-refractivity contribution in [2.75, 3.05) is 0 Å². The minimum atomic E-state index is -2.03. The van der Waals surface area contributed by atoms with Gasteiger partial charge in [-0.1, -0.05) is 139 Å². The predicted molar refractivity (Wildman–Crippen MR) is 153 cm³/mol. The van der Waals surface area contributed by atoms with E-state index in [4.69, 9.17) is 161 Å². The van der Waals surface area contributed by atoms with E-state index in [1.807, 2.05) is 27.7 Å². The zero-order chi connectivity index (χ0) is 29.6. The van der Waals surface area contributed by atoms with Crippen molar-refractivity contribution < 1.29 is 36.0 Å². The number of amidine groups is 4. The van der Waals surface area contributed by atoms with Crippen molar-refractivity contribution in [2.45, 2.75) is 54.4 Å². The van der Waals surface area contributed by atoms with Crippen LogP contribution in [0.25, 0.3) is 11.5 Å². The quantitative estimate of drug-likeness (QED) is 0.0620. The normalized spacial score (nSPS) is 18.3. The molecule has 2 rings (SSSR count). The van der Waals surface area contributed by atoms with Crippen molar-refractivity contribution in [2.24, 2.45) is 9.98 Å². The van der Waals surface area contributed by atoms with Gasteiger partial charge in [-0.2, -0.15) is 19.6 Å². The molecule has 0 radical (unpaired) electrons. The van der Waals surface area contributed by atoms with E-state index in [0.29, 0.717) is 0 Å². The van der Waals surface area contributed by atoms with E-state index in [1.165, 1.54) is 0 Å². The van der Waals surface area contributed by atoms with Crippen molar-refractivity contribution in [1.29, 1.82) is 10.8 Å². The predicted octanol–water partition coefficient (Wildman–Crippen LogP) is 9.68. The van der Waals surface area contributed by atoms with Gasteiger partial charge >= 0.3 is 16.5 Å². The summed E-state index contributed by atoms with van der Waals surface area (Å²) >= 11 is 63.2. The van der Waals surface area contributed by atoms with Gasteiger partial charge < -0.3 is 32.3 Å². The summed E-state index contributed by atoms with van der Waals surface area (Å²) in [6.07, 6.45) is 0. The van der Waals surface area contributed by atoms with Gasteiger partial charge in [-0.3, -0.25) is 0 Å². The van der Waals surface area contributed by atoms with Crippen LogP contribution in [0.4, 0.5) is 0 Å². The molecular formula is C14H16Cl12N6NiO4. The third-order valence-electron chi connectivity index (χ3n) is 2.35. The number of rotatable bonds is 0. The molecule has 0 saturated carbocycles. The number of aliphatic imine (C=N–C) groups is 2. The second-order valence-electron chi connectivity index (χ2n) is 6.74. The van der Waals surface area contributed by atoms with Crippen LogP contribution < -0.4 is 0 Å². The van der Waals surface area contributed by atoms with Crippen LogP contribution in [-0.4, -0.2) is 50.1 Å². The maximum Gasteiger partial charge on any atom is 2.00 e. The summed E-state index contributed by atoms with van der Waals surface area (Å²) in [5, 5.41) is 14.1. The van der Waals surface area contributed by atoms with Crippen molar-refractivity contribution >= 4 is 163 Å². The Hall–Kier alpha value is 2.09. The molecule has 37 heavy (non-hydrogen) atoms. The Balaban J connectivity index is -0.000000446. The van der Waals surface area contributed by atoms with Gasteiger partial charge in [0, 0.05) is 0 Å². The first-order valence-corrected chi connectivity index (χ1v) is 12.8. The van der Waals surface area contributed by atoms with E-state index in [2.05, 4.69) is 29.5 Å². The van der Waals surface area contributed by atoms with Gasteiger partial charge in [0.1, 0.15) is 0 Å². The fourth-order valence-corrected chi connectivity index (χ4v) is 1.15. The summed E-state index contributed by atoms with van der Waals surface area (Å²) in [7, 11) is 0. The average molecular weight is 816 g/mol. The second-order valence-corrected chi connectivity index (χ2v) is 15.9. The van der Waals surface area contributed by atoms with Crippen LogP contribution in [0.15, 0.2) is 9.98 Å². The number of nitrogens with zero attached hydrogens (tertiary/aromatic N) is 2. The van der Waals surface area contributed by atoms with Crippen molar-refractivity contribution in [3.8, 4) is 0 Å². The molecule has 0 unspecified atom stereocenters. The standard InChI is InChI=1S/2C4H2Cl6N3.2C3H6O2.Ni/c2*5-3(6,7)1(11)13-2(12)4(8,9)10;2*1-3(2)4-5-3;/h2*(H2-,11,12,13);2*1-2H3;/q2*-1;;;+2. The maximum atomic E-state index is 7.07. The topological polar surface area (TPSA) is 170 Å². The second kappa shape index (κ2) is 16.7. The van der Waals surface area contributed by atoms with Gasteiger partial charge in [-0.15, -0.1) is 0 Å². The van der Waals surface area contributed by atoms with Crippen LogP contribution in [0.2, 0.25) is 0 Å². The third-order valence-corrected chi connectivity index (χ3v) is 4.50. The minimum absolute atomic E-state index is 0. The number of hydrogen-bond donors (Lipinski definition) is 2. The Morgan fingerprint density at radius 2 is 0.703 bits per heavy atom. The maximum absolute atomic E-state index is 7.07. The Morgan fingerprint density at radius 1 is 0.541 bits per heavy atom. The van der Waals surface area contributed by atoms with E-state index in [9.17, 15) is 0 Å². The van der Waals surface area contributed by atoms with Crippen LogP contribution >= 0.6 is 139 Å². The van der Waals surface area contributed by atoms with Crippen molar-refractivity contribution in [3.05, 3.63) is 11.5 Å². The van der Waals surface area contributed by atoms with Crippen LogP contribution in [-0.2, 0) is 36.0 Å². The molecule has 0 aromatic heterocycles. The molecule has 2 heterocycles. The first-order valence-electron chi connectivity index (χ1n) is 8.31. The van der Waals surface area contributed by atoms with Crippen molar-refractivity contribution in [3.63, 3.8) is 0 Å². The fraction of sp³-hybridized carbons (Fsp3) is 0.714. The first-order chi connectivity index (χ1) is 15.5. The van der Waals surface area contributed by atoms with Gasteiger partial charge in [0.15, 0.2) is 0 Å². The molecule has 0 bridgehead atoms. The zero-order valence-electron chi connectivity index (χ0n) is 18.4. The van der Waals surface area contributed by atoms with Gasteiger partial charge in [-0.05, 0) is 39.4 Å². The third kappa shape index (κ3) is 25.5. The Kier molecular flexibility index (Phi) is 19.6. The van der Waals surface area contributed by atoms with Crippen LogP contribution in [0.1, 0.15) is 27.7 Å². The smallest absolute Gasteiger partial charge is 0.482 e. The Labute approximate surface area is 282 Å². The molecule has 220 valence electrons. The summed E-state index contributed by atoms with van der Waals surface area (Å²) in [6, 6.07) is 0. The SMILES string of the molecule is CC1(C)OO1.CC1(C)OO1.N=C(N=C([NH-])C(Cl)(Cl)Cl)C(Cl)(Cl)Cl.N=C(N=C([NH-])C(Cl)(Cl)Cl)C(Cl)(Cl)Cl.[Ni+2]. The molecule has 0 aliphatic carbocycles. The summed E-state index contributed by atoms with van der Waals surface area (Å²) in [5.41, 5.74) is 14.1. The zero-order valence-corrected chi connectivity index (χ0v) is 28.4. The van der Waals surface area contributed by atoms with E-state index >= 15 is 0 Å². The number of hydrogen-bond acceptors (Lipinski definition) is 6. The molecule has 2 fully saturated rings. The molecule has 2 saturated heterocycles. The van der Waals surface area contributed by atoms with Gasteiger partial charge in [0.05, 0.1) is 11.7 Å². The average Bonchev–Trinajstić information content (AvgIpc) is 3.52. The molecule has 0 aromatic carbocycles. The van der Waals surface area contributed by atoms with E-state index in [-0.39, 0.29) is 28.1 Å². The molecule has 23 heteroatoms. The molecule has 0 atom stereocenters. The van der Waals surface area contributed by atoms with E-state index < -0.39 is 38.5 Å². The molecular weight excluding hydrogens is 800 g/mol. The Bertz CT molecular complexity index is 755. The molecule has 4 N–H and O–H groups in total. The van der Waals surface area contributed by atoms with E-state index in [0.717, 1.165) is 0 Å². The van der Waals surface area contributed by atoms with Gasteiger partial charge in [-0.25, -0.2) is 0 Å². The first kappa shape index (κ1) is 43.5. The number of alkyl halides is 12. The fourth-order valence-electron chi connectivity index (χ4n) is 0.644. The molecule has 2 aliphatic rings. The minimum Gasteiger partial charge on any atom is -0.482 e. The summed E-state index contributed by atoms with van der Waals surface area (Å²) in [6.45, 7) is 7.42.